The molecule has 0 aromatic heterocycles. The minimum Gasteiger partial charge on any atom is -0.330 e. The molecule has 3 nitrogen and oxygen atoms in total. The van der Waals surface area contributed by atoms with Gasteiger partial charge in [0.05, 0.1) is 0 Å². The second kappa shape index (κ2) is 11.9. The van der Waals surface area contributed by atoms with Crippen molar-refractivity contribution in [1.29, 1.82) is 0 Å². The van der Waals surface area contributed by atoms with Gasteiger partial charge in [0.15, 0.2) is 0 Å². The Hall–Kier alpha value is -0.120. The minimum atomic E-state index is 0.633. The van der Waals surface area contributed by atoms with Gasteiger partial charge in [-0.25, -0.2) is 0 Å². The molecule has 0 amide bonds. The highest BCUT2D eigenvalue weighted by Crippen LogP contribution is 2.06. The van der Waals surface area contributed by atoms with Crippen LogP contribution < -0.4 is 11.1 Å². The van der Waals surface area contributed by atoms with Gasteiger partial charge in [-0.05, 0) is 51.4 Å². The molecule has 0 radical (unpaired) electrons. The van der Waals surface area contributed by atoms with E-state index < -0.39 is 0 Å². The molecular formula is C15H35N3. The van der Waals surface area contributed by atoms with Crippen molar-refractivity contribution in [3.63, 3.8) is 0 Å². The van der Waals surface area contributed by atoms with Crippen LogP contribution in [0.5, 0.6) is 0 Å². The second-order valence-electron chi connectivity index (χ2n) is 5.27. The molecule has 0 aliphatic heterocycles. The highest BCUT2D eigenvalue weighted by atomic mass is 15.2. The van der Waals surface area contributed by atoms with E-state index in [1.165, 1.54) is 38.8 Å². The van der Waals surface area contributed by atoms with Crippen LogP contribution in [-0.2, 0) is 0 Å². The van der Waals surface area contributed by atoms with Crippen LogP contribution >= 0.6 is 0 Å². The van der Waals surface area contributed by atoms with Gasteiger partial charge in [0.25, 0.3) is 0 Å². The number of hydrogen-bond donors (Lipinski definition) is 2. The molecule has 0 fully saturated rings. The molecule has 110 valence electrons. The molecule has 0 aromatic rings. The zero-order valence-corrected chi connectivity index (χ0v) is 13.0. The Morgan fingerprint density at radius 1 is 0.944 bits per heavy atom. The topological polar surface area (TPSA) is 41.3 Å². The van der Waals surface area contributed by atoms with E-state index in [-0.39, 0.29) is 0 Å². The van der Waals surface area contributed by atoms with Gasteiger partial charge in [0, 0.05) is 12.6 Å². The van der Waals surface area contributed by atoms with Crippen molar-refractivity contribution in [2.75, 3.05) is 32.7 Å². The van der Waals surface area contributed by atoms with E-state index in [1.807, 2.05) is 0 Å². The lowest BCUT2D eigenvalue weighted by molar-refractivity contribution is 0.185. The van der Waals surface area contributed by atoms with Gasteiger partial charge in [-0.1, -0.05) is 34.1 Å². The molecule has 2 atom stereocenters. The van der Waals surface area contributed by atoms with Gasteiger partial charge in [-0.15, -0.1) is 0 Å². The molecule has 0 aliphatic rings. The summed E-state index contributed by atoms with van der Waals surface area (Å²) in [5.41, 5.74) is 5.74. The van der Waals surface area contributed by atoms with Crippen LogP contribution in [0.15, 0.2) is 0 Å². The quantitative estimate of drug-likeness (QED) is 0.564. The zero-order chi connectivity index (χ0) is 13.8. The number of nitrogens with zero attached hydrogens (tertiary/aromatic N) is 1. The van der Waals surface area contributed by atoms with Crippen LogP contribution in [0.2, 0.25) is 0 Å². The van der Waals surface area contributed by atoms with Crippen molar-refractivity contribution >= 4 is 0 Å². The Morgan fingerprint density at radius 2 is 1.56 bits per heavy atom. The third kappa shape index (κ3) is 7.34. The van der Waals surface area contributed by atoms with Gasteiger partial charge in [-0.3, -0.25) is 4.90 Å². The Bertz CT molecular complexity index is 163. The van der Waals surface area contributed by atoms with Gasteiger partial charge in [0.1, 0.15) is 0 Å². The molecule has 0 saturated carbocycles. The molecule has 0 spiro atoms. The third-order valence-electron chi connectivity index (χ3n) is 3.73. The third-order valence-corrected chi connectivity index (χ3v) is 3.73. The predicted octanol–water partition coefficient (Wildman–Crippen LogP) is 2.46. The summed E-state index contributed by atoms with van der Waals surface area (Å²) in [5.74, 6) is 0.633. The molecule has 18 heavy (non-hydrogen) atoms. The maximum absolute atomic E-state index is 5.74. The fourth-order valence-electron chi connectivity index (χ4n) is 2.43. The van der Waals surface area contributed by atoms with Gasteiger partial charge in [0.2, 0.25) is 0 Å². The Balaban J connectivity index is 4.05. The maximum atomic E-state index is 5.74. The first-order valence-electron chi connectivity index (χ1n) is 7.88. The highest BCUT2D eigenvalue weighted by molar-refractivity contribution is 4.73. The van der Waals surface area contributed by atoms with E-state index in [2.05, 4.69) is 37.9 Å². The summed E-state index contributed by atoms with van der Waals surface area (Å²) in [7, 11) is 0. The van der Waals surface area contributed by atoms with Gasteiger partial charge in [-0.2, -0.15) is 0 Å². The van der Waals surface area contributed by atoms with Crippen molar-refractivity contribution in [3.8, 4) is 0 Å². The Labute approximate surface area is 114 Å². The van der Waals surface area contributed by atoms with E-state index in [1.54, 1.807) is 0 Å². The number of nitrogens with one attached hydrogen (secondary N) is 1. The van der Waals surface area contributed by atoms with Crippen LogP contribution in [0.4, 0.5) is 0 Å². The predicted molar refractivity (Wildman–Crippen MR) is 81.9 cm³/mol. The van der Waals surface area contributed by atoms with Crippen LogP contribution in [0.25, 0.3) is 0 Å². The van der Waals surface area contributed by atoms with E-state index in [0.29, 0.717) is 12.0 Å². The zero-order valence-electron chi connectivity index (χ0n) is 13.0. The summed E-state index contributed by atoms with van der Waals surface area (Å²) in [6.45, 7) is 14.5. The van der Waals surface area contributed by atoms with Crippen molar-refractivity contribution in [2.24, 2.45) is 11.7 Å². The average Bonchev–Trinajstić information content (AvgIpc) is 2.39. The fourth-order valence-corrected chi connectivity index (χ4v) is 2.43. The maximum Gasteiger partial charge on any atom is 0.0218 e. The fraction of sp³-hybridized carbons (Fsp3) is 1.00. The van der Waals surface area contributed by atoms with Crippen LogP contribution in [0.1, 0.15) is 53.4 Å². The normalized spacial score (nSPS) is 15.0. The molecule has 0 aromatic carbocycles. The standard InChI is InChI=1S/C15H35N3/c1-5-9-18(10-6-2)15(8-4)13-17-12-14(7-3)11-16/h14-15,17H,5-13,16H2,1-4H3. The molecule has 3 N–H and O–H groups in total. The smallest absolute Gasteiger partial charge is 0.0218 e. The minimum absolute atomic E-state index is 0.633. The lowest BCUT2D eigenvalue weighted by Gasteiger charge is -2.31. The Kier molecular flexibility index (Phi) is 11.9. The SMILES string of the molecule is CCCN(CCC)C(CC)CNCC(CC)CN. The average molecular weight is 257 g/mol. The van der Waals surface area contributed by atoms with Gasteiger partial charge >= 0.3 is 0 Å². The Morgan fingerprint density at radius 3 is 1.94 bits per heavy atom. The van der Waals surface area contributed by atoms with E-state index in [0.717, 1.165) is 19.6 Å². The first-order valence-corrected chi connectivity index (χ1v) is 7.88. The number of rotatable bonds is 12. The lowest BCUT2D eigenvalue weighted by Crippen LogP contribution is -2.44. The lowest BCUT2D eigenvalue weighted by atomic mass is 10.1. The van der Waals surface area contributed by atoms with Crippen LogP contribution in [-0.4, -0.2) is 43.7 Å². The molecule has 3 heteroatoms. The largest absolute Gasteiger partial charge is 0.330 e. The monoisotopic (exact) mass is 257 g/mol. The van der Waals surface area contributed by atoms with Crippen molar-refractivity contribution in [2.45, 2.75) is 59.4 Å². The van der Waals surface area contributed by atoms with Gasteiger partial charge < -0.3 is 11.1 Å². The molecule has 0 saturated heterocycles. The highest BCUT2D eigenvalue weighted by Gasteiger charge is 2.15. The van der Waals surface area contributed by atoms with Crippen molar-refractivity contribution in [3.05, 3.63) is 0 Å². The molecule has 0 heterocycles. The van der Waals surface area contributed by atoms with Crippen LogP contribution in [0, 0.1) is 5.92 Å². The van der Waals surface area contributed by atoms with Crippen molar-refractivity contribution < 1.29 is 0 Å². The summed E-state index contributed by atoms with van der Waals surface area (Å²) in [6.07, 6.45) is 4.90. The van der Waals surface area contributed by atoms with Crippen molar-refractivity contribution in [1.82, 2.24) is 10.2 Å². The van der Waals surface area contributed by atoms with Crippen LogP contribution in [0.3, 0.4) is 0 Å². The summed E-state index contributed by atoms with van der Waals surface area (Å²) in [4.78, 5) is 2.64. The second-order valence-corrected chi connectivity index (χ2v) is 5.27. The molecular weight excluding hydrogens is 222 g/mol. The first-order chi connectivity index (χ1) is 8.73. The summed E-state index contributed by atoms with van der Waals surface area (Å²) in [6, 6.07) is 0.681. The van der Waals surface area contributed by atoms with E-state index in [9.17, 15) is 0 Å². The molecule has 0 bridgehead atoms. The number of hydrogen-bond acceptors (Lipinski definition) is 3. The number of nitrogens with two attached hydrogens (primary N) is 1. The summed E-state index contributed by atoms with van der Waals surface area (Å²) >= 11 is 0. The molecule has 0 aliphatic carbocycles. The van der Waals surface area contributed by atoms with E-state index in [4.69, 9.17) is 5.73 Å². The molecule has 2 unspecified atom stereocenters. The summed E-state index contributed by atoms with van der Waals surface area (Å²) < 4.78 is 0. The first kappa shape index (κ1) is 17.9. The summed E-state index contributed by atoms with van der Waals surface area (Å²) in [5, 5.41) is 3.61. The molecule has 0 rings (SSSR count). The van der Waals surface area contributed by atoms with E-state index >= 15 is 0 Å².